The zero-order valence-corrected chi connectivity index (χ0v) is 29.8. The van der Waals surface area contributed by atoms with E-state index in [1.807, 2.05) is 24.4 Å². The van der Waals surface area contributed by atoms with Crippen LogP contribution in [-0.2, 0) is 9.59 Å². The molecule has 2 atom stereocenters. The van der Waals surface area contributed by atoms with Crippen molar-refractivity contribution in [3.05, 3.63) is 71.9 Å². The summed E-state index contributed by atoms with van der Waals surface area (Å²) in [4.78, 5) is 41.6. The maximum absolute atomic E-state index is 12.3. The van der Waals surface area contributed by atoms with Crippen molar-refractivity contribution in [2.24, 2.45) is 5.92 Å². The zero-order chi connectivity index (χ0) is 36.7. The minimum Gasteiger partial charge on any atom is -0.369 e. The molecule has 2 saturated heterocycles. The summed E-state index contributed by atoms with van der Waals surface area (Å²) in [5, 5.41) is 36.2. The Labute approximate surface area is 308 Å². The predicted molar refractivity (Wildman–Crippen MR) is 197 cm³/mol. The van der Waals surface area contributed by atoms with Crippen LogP contribution in [0.25, 0.3) is 5.69 Å². The molecular weight excluding hydrogens is 671 g/mol. The number of hydrogen-bond donors (Lipinski definition) is 3. The van der Waals surface area contributed by atoms with Crippen molar-refractivity contribution in [1.29, 1.82) is 10.5 Å². The Morgan fingerprint density at radius 3 is 2.42 bits per heavy atom. The molecule has 4 aromatic rings. The topological polar surface area (TPSA) is 194 Å². The number of carbonyl (C=O) groups is 2. The number of piperazine rings is 1. The van der Waals surface area contributed by atoms with E-state index in [0.29, 0.717) is 53.4 Å². The Kier molecular flexibility index (Phi) is 10.8. The van der Waals surface area contributed by atoms with Gasteiger partial charge in [-0.25, -0.2) is 19.6 Å². The smallest absolute Gasteiger partial charge is 0.234 e. The van der Waals surface area contributed by atoms with Crippen molar-refractivity contribution >= 4 is 35.0 Å². The van der Waals surface area contributed by atoms with E-state index in [-0.39, 0.29) is 17.7 Å². The number of nitrogens with zero attached hydrogens (tertiary/aromatic N) is 10. The van der Waals surface area contributed by atoms with E-state index in [0.717, 1.165) is 56.8 Å². The Hall–Kier alpha value is -5.93. The number of nitriles is 2. The van der Waals surface area contributed by atoms with Gasteiger partial charge in [-0.3, -0.25) is 19.8 Å². The van der Waals surface area contributed by atoms with Gasteiger partial charge in [0.15, 0.2) is 0 Å². The van der Waals surface area contributed by atoms with Gasteiger partial charge in [-0.05, 0) is 75.6 Å². The van der Waals surface area contributed by atoms with Gasteiger partial charge in [0.2, 0.25) is 17.8 Å². The van der Waals surface area contributed by atoms with Crippen LogP contribution < -0.4 is 20.9 Å². The van der Waals surface area contributed by atoms with Crippen LogP contribution in [0.4, 0.5) is 23.1 Å². The van der Waals surface area contributed by atoms with Crippen LogP contribution in [0.15, 0.2) is 55.1 Å². The number of imide groups is 1. The Morgan fingerprint density at radius 1 is 0.962 bits per heavy atom. The third-order valence-electron chi connectivity index (χ3n) is 10.6. The fourth-order valence-corrected chi connectivity index (χ4v) is 7.50. The molecule has 3 aromatic heterocycles. The molecule has 53 heavy (non-hydrogen) atoms. The molecule has 272 valence electrons. The molecule has 15 heteroatoms. The molecule has 0 radical (unpaired) electrons. The molecule has 1 unspecified atom stereocenters. The maximum Gasteiger partial charge on any atom is 0.234 e. The second-order valence-corrected chi connectivity index (χ2v) is 14.1. The highest BCUT2D eigenvalue weighted by Gasteiger charge is 2.29. The first-order valence-electron chi connectivity index (χ1n) is 18.3. The lowest BCUT2D eigenvalue weighted by Gasteiger charge is -2.37. The largest absolute Gasteiger partial charge is 0.369 e. The number of anilines is 4. The molecule has 7 rings (SSSR count). The highest BCUT2D eigenvalue weighted by atomic mass is 16.2. The molecule has 2 aliphatic heterocycles. The molecule has 3 aliphatic rings. The van der Waals surface area contributed by atoms with Gasteiger partial charge >= 0.3 is 0 Å². The van der Waals surface area contributed by atoms with Crippen molar-refractivity contribution in [3.63, 3.8) is 0 Å². The lowest BCUT2D eigenvalue weighted by atomic mass is 9.79. The maximum atomic E-state index is 12.3. The van der Waals surface area contributed by atoms with E-state index < -0.39 is 6.04 Å². The molecule has 5 heterocycles. The number of pyridine rings is 1. The Balaban J connectivity index is 0.880. The summed E-state index contributed by atoms with van der Waals surface area (Å²) in [6.07, 6.45) is 13.2. The van der Waals surface area contributed by atoms with E-state index in [1.54, 1.807) is 23.9 Å². The molecule has 0 bridgehead atoms. The van der Waals surface area contributed by atoms with Crippen LogP contribution in [0, 0.1) is 28.6 Å². The molecular formula is C38H43N13O2. The van der Waals surface area contributed by atoms with Crippen LogP contribution >= 0.6 is 0 Å². The standard InChI is InChI=1S/C38H43N13O2/c1-25(19-39)44-32-18-35(45-38-42-21-27(20-40)22-43-38)41-23-34(32)51-24-33(47-48-51)29-4-2-26(3-5-29)12-13-49-14-16-50(17-15-49)30-8-6-28(7-9-30)31-10-11-36(52)46-37(31)53/h6-9,18,21-26,29,31H,2-5,10-17H2,1H3,(H,46,52,53)(H2,41,42,43,44,45)/t25-,26?,29?,31?/m1/s1. The predicted octanol–water partition coefficient (Wildman–Crippen LogP) is 4.40. The van der Waals surface area contributed by atoms with Crippen molar-refractivity contribution in [2.45, 2.75) is 69.7 Å². The third kappa shape index (κ3) is 8.59. The lowest BCUT2D eigenvalue weighted by Crippen LogP contribution is -2.47. The van der Waals surface area contributed by atoms with Gasteiger partial charge in [0.25, 0.3) is 0 Å². The van der Waals surface area contributed by atoms with Crippen molar-refractivity contribution in [2.75, 3.05) is 48.3 Å². The quantitative estimate of drug-likeness (QED) is 0.185. The van der Waals surface area contributed by atoms with Crippen LogP contribution in [0.2, 0.25) is 0 Å². The average Bonchev–Trinajstić information content (AvgIpc) is 3.68. The Morgan fingerprint density at radius 2 is 1.72 bits per heavy atom. The number of hydrogen-bond acceptors (Lipinski definition) is 13. The van der Waals surface area contributed by atoms with Gasteiger partial charge in [0.1, 0.15) is 23.6 Å². The van der Waals surface area contributed by atoms with Crippen molar-refractivity contribution < 1.29 is 9.59 Å². The van der Waals surface area contributed by atoms with Gasteiger partial charge in [-0.1, -0.05) is 17.3 Å². The van der Waals surface area contributed by atoms with Crippen molar-refractivity contribution in [1.82, 2.24) is 40.2 Å². The van der Waals surface area contributed by atoms with E-state index in [2.05, 4.69) is 69.2 Å². The monoisotopic (exact) mass is 713 g/mol. The van der Waals surface area contributed by atoms with E-state index in [1.165, 1.54) is 37.3 Å². The number of nitrogens with one attached hydrogen (secondary N) is 3. The van der Waals surface area contributed by atoms with Crippen LogP contribution in [0.3, 0.4) is 0 Å². The number of piperidine rings is 1. The highest BCUT2D eigenvalue weighted by molar-refractivity contribution is 6.00. The summed E-state index contributed by atoms with van der Waals surface area (Å²) in [6, 6.07) is 13.8. The first-order chi connectivity index (χ1) is 25.8. The molecule has 3 N–H and O–H groups in total. The van der Waals surface area contributed by atoms with Gasteiger partial charge in [-0.2, -0.15) is 10.5 Å². The molecule has 0 spiro atoms. The average molecular weight is 714 g/mol. The Bertz CT molecular complexity index is 1980. The van der Waals surface area contributed by atoms with Gasteiger partial charge < -0.3 is 15.5 Å². The van der Waals surface area contributed by atoms with Gasteiger partial charge in [0.05, 0.1) is 53.7 Å². The number of carbonyl (C=O) groups excluding carboxylic acids is 2. The van der Waals surface area contributed by atoms with E-state index >= 15 is 0 Å². The second kappa shape index (κ2) is 16.2. The summed E-state index contributed by atoms with van der Waals surface area (Å²) in [5.74, 6) is 1.21. The van der Waals surface area contributed by atoms with E-state index in [4.69, 9.17) is 5.26 Å². The summed E-state index contributed by atoms with van der Waals surface area (Å²) in [6.45, 7) is 6.92. The summed E-state index contributed by atoms with van der Waals surface area (Å²) in [5.41, 5.74) is 4.82. The fraction of sp³-hybridized carbons (Fsp3) is 0.447. The van der Waals surface area contributed by atoms with Gasteiger partial charge in [-0.15, -0.1) is 5.10 Å². The normalized spacial score (nSPS) is 21.3. The molecule has 1 aromatic carbocycles. The van der Waals surface area contributed by atoms with Crippen molar-refractivity contribution in [3.8, 4) is 17.8 Å². The zero-order valence-electron chi connectivity index (χ0n) is 29.8. The molecule has 1 aliphatic carbocycles. The number of benzene rings is 1. The molecule has 1 saturated carbocycles. The summed E-state index contributed by atoms with van der Waals surface area (Å²) >= 11 is 0. The first kappa shape index (κ1) is 35.5. The number of amides is 2. The number of rotatable bonds is 11. The summed E-state index contributed by atoms with van der Waals surface area (Å²) < 4.78 is 1.72. The van der Waals surface area contributed by atoms with E-state index in [9.17, 15) is 14.9 Å². The highest BCUT2D eigenvalue weighted by Crippen LogP contribution is 2.37. The minimum absolute atomic E-state index is 0.184. The molecule has 3 fully saturated rings. The first-order valence-corrected chi connectivity index (χ1v) is 18.3. The number of aromatic nitrogens is 6. The second-order valence-electron chi connectivity index (χ2n) is 14.1. The van der Waals surface area contributed by atoms with Crippen LogP contribution in [0.5, 0.6) is 0 Å². The fourth-order valence-electron chi connectivity index (χ4n) is 7.50. The SMILES string of the molecule is C[C@H](C#N)Nc1cc(Nc2ncc(C#N)cn2)ncc1-n1cc(C2CCC(CCN3CCN(c4ccc(C5CCC(=O)NC5=O)cc4)CC3)CC2)nn1. The molecule has 2 amide bonds. The lowest BCUT2D eigenvalue weighted by molar-refractivity contribution is -0.134. The van der Waals surface area contributed by atoms with Crippen LogP contribution in [0.1, 0.15) is 80.5 Å². The summed E-state index contributed by atoms with van der Waals surface area (Å²) in [7, 11) is 0. The molecule has 15 nitrogen and oxygen atoms in total. The minimum atomic E-state index is -0.455. The van der Waals surface area contributed by atoms with Crippen LogP contribution in [-0.4, -0.2) is 85.4 Å². The third-order valence-corrected chi connectivity index (χ3v) is 10.6. The van der Waals surface area contributed by atoms with Gasteiger partial charge in [0, 0.05) is 50.3 Å².